The van der Waals surface area contributed by atoms with E-state index in [0.29, 0.717) is 23.8 Å². The van der Waals surface area contributed by atoms with Gasteiger partial charge in [0.25, 0.3) is 5.91 Å². The van der Waals surface area contributed by atoms with Crippen molar-refractivity contribution in [2.45, 2.75) is 20.0 Å². The molecule has 1 aromatic heterocycles. The molecule has 5 heteroatoms. The van der Waals surface area contributed by atoms with Crippen LogP contribution in [0.5, 0.6) is 0 Å². The summed E-state index contributed by atoms with van der Waals surface area (Å²) in [6, 6.07) is 9.52. The highest BCUT2D eigenvalue weighted by Crippen LogP contribution is 2.14. The minimum Gasteiger partial charge on any atom is -0.347 e. The van der Waals surface area contributed by atoms with Crippen LogP contribution in [0.25, 0.3) is 0 Å². The molecule has 0 fully saturated rings. The van der Waals surface area contributed by atoms with Crippen molar-refractivity contribution in [3.8, 4) is 0 Å². The van der Waals surface area contributed by atoms with Crippen molar-refractivity contribution in [2.24, 2.45) is 0 Å². The third kappa shape index (κ3) is 3.61. The molecule has 0 saturated heterocycles. The molecule has 0 aliphatic carbocycles. The molecule has 1 N–H and O–H groups in total. The second kappa shape index (κ2) is 6.26. The first kappa shape index (κ1) is 14.2. The summed E-state index contributed by atoms with van der Waals surface area (Å²) in [5.74, 6) is -0.114. The van der Waals surface area contributed by atoms with Crippen LogP contribution in [-0.4, -0.2) is 10.5 Å². The number of hydrogen-bond donors (Lipinski definition) is 1. The summed E-state index contributed by atoms with van der Waals surface area (Å²) in [5, 5.41) is 3.47. The van der Waals surface area contributed by atoms with Crippen molar-refractivity contribution in [1.82, 2.24) is 9.88 Å². The minimum atomic E-state index is -0.114. The van der Waals surface area contributed by atoms with E-state index in [1.54, 1.807) is 12.3 Å². The van der Waals surface area contributed by atoms with Crippen molar-refractivity contribution in [1.29, 1.82) is 0 Å². The van der Waals surface area contributed by atoms with Gasteiger partial charge >= 0.3 is 0 Å². The van der Waals surface area contributed by atoms with Gasteiger partial charge < -0.3 is 9.88 Å². The number of aromatic nitrogens is 1. The minimum absolute atomic E-state index is 0.114. The van der Waals surface area contributed by atoms with Crippen LogP contribution < -0.4 is 5.32 Å². The monoisotopic (exact) mass is 340 g/mol. The SMILES string of the molecule is CCn1cc(Cl)cc1C(=O)NCc1ccc(Br)cc1. The fourth-order valence-electron chi connectivity index (χ4n) is 1.80. The van der Waals surface area contributed by atoms with Gasteiger partial charge in [0.1, 0.15) is 5.69 Å². The molecule has 0 saturated carbocycles. The van der Waals surface area contributed by atoms with Crippen molar-refractivity contribution in [3.63, 3.8) is 0 Å². The molecule has 3 nitrogen and oxygen atoms in total. The van der Waals surface area contributed by atoms with Crippen LogP contribution >= 0.6 is 27.5 Å². The van der Waals surface area contributed by atoms with E-state index in [1.807, 2.05) is 35.8 Å². The number of hydrogen-bond acceptors (Lipinski definition) is 1. The lowest BCUT2D eigenvalue weighted by molar-refractivity contribution is 0.0942. The van der Waals surface area contributed by atoms with E-state index in [-0.39, 0.29) is 5.91 Å². The Kier molecular flexibility index (Phi) is 4.66. The molecule has 100 valence electrons. The molecule has 0 atom stereocenters. The van der Waals surface area contributed by atoms with Gasteiger partial charge in [0.05, 0.1) is 5.02 Å². The number of rotatable bonds is 4. The molecular formula is C14H14BrClN2O. The highest BCUT2D eigenvalue weighted by atomic mass is 79.9. The summed E-state index contributed by atoms with van der Waals surface area (Å²) in [5.41, 5.74) is 1.64. The van der Waals surface area contributed by atoms with Gasteiger partial charge in [0.15, 0.2) is 0 Å². The fraction of sp³-hybridized carbons (Fsp3) is 0.214. The Morgan fingerprint density at radius 1 is 1.37 bits per heavy atom. The van der Waals surface area contributed by atoms with Gasteiger partial charge in [0.2, 0.25) is 0 Å². The van der Waals surface area contributed by atoms with Gasteiger partial charge in [-0.1, -0.05) is 39.7 Å². The molecule has 1 heterocycles. The Morgan fingerprint density at radius 3 is 2.68 bits per heavy atom. The molecular weight excluding hydrogens is 328 g/mol. The Hall–Kier alpha value is -1.26. The van der Waals surface area contributed by atoms with E-state index in [9.17, 15) is 4.79 Å². The predicted octanol–water partition coefficient (Wildman–Crippen LogP) is 3.85. The van der Waals surface area contributed by atoms with E-state index < -0.39 is 0 Å². The van der Waals surface area contributed by atoms with Crippen LogP contribution in [0.3, 0.4) is 0 Å². The van der Waals surface area contributed by atoms with E-state index in [1.165, 1.54) is 0 Å². The number of amides is 1. The molecule has 0 unspecified atom stereocenters. The summed E-state index contributed by atoms with van der Waals surface area (Å²) in [4.78, 5) is 12.1. The summed E-state index contributed by atoms with van der Waals surface area (Å²) in [6.45, 7) is 3.19. The highest BCUT2D eigenvalue weighted by molar-refractivity contribution is 9.10. The summed E-state index contributed by atoms with van der Waals surface area (Å²) >= 11 is 9.30. The lowest BCUT2D eigenvalue weighted by Gasteiger charge is -2.07. The zero-order valence-electron chi connectivity index (χ0n) is 10.5. The quantitative estimate of drug-likeness (QED) is 0.900. The number of halogens is 2. The van der Waals surface area contributed by atoms with Crippen molar-refractivity contribution in [2.75, 3.05) is 0 Å². The zero-order valence-corrected chi connectivity index (χ0v) is 12.8. The second-order valence-corrected chi connectivity index (χ2v) is 5.49. The standard InChI is InChI=1S/C14H14BrClN2O/c1-2-18-9-12(16)7-13(18)14(19)17-8-10-3-5-11(15)6-4-10/h3-7,9H,2,8H2,1H3,(H,17,19). The largest absolute Gasteiger partial charge is 0.347 e. The van der Waals surface area contributed by atoms with Crippen LogP contribution in [-0.2, 0) is 13.1 Å². The normalized spacial score (nSPS) is 10.5. The van der Waals surface area contributed by atoms with E-state index >= 15 is 0 Å². The number of aryl methyl sites for hydroxylation is 1. The number of nitrogens with zero attached hydrogens (tertiary/aromatic N) is 1. The van der Waals surface area contributed by atoms with Crippen molar-refractivity contribution in [3.05, 3.63) is 57.3 Å². The van der Waals surface area contributed by atoms with Crippen LogP contribution in [0, 0.1) is 0 Å². The first-order valence-corrected chi connectivity index (χ1v) is 7.15. The summed E-state index contributed by atoms with van der Waals surface area (Å²) in [7, 11) is 0. The van der Waals surface area contributed by atoms with Crippen molar-refractivity contribution < 1.29 is 4.79 Å². The third-order valence-corrected chi connectivity index (χ3v) is 3.54. The van der Waals surface area contributed by atoms with Crippen LogP contribution in [0.2, 0.25) is 5.02 Å². The number of carbonyl (C=O) groups is 1. The predicted molar refractivity (Wildman–Crippen MR) is 80.4 cm³/mol. The zero-order chi connectivity index (χ0) is 13.8. The molecule has 2 rings (SSSR count). The molecule has 0 bridgehead atoms. The molecule has 0 aliphatic heterocycles. The maximum Gasteiger partial charge on any atom is 0.268 e. The molecule has 0 spiro atoms. The molecule has 0 radical (unpaired) electrons. The van der Waals surface area contributed by atoms with Gasteiger partial charge in [0, 0.05) is 23.8 Å². The molecule has 1 amide bonds. The van der Waals surface area contributed by atoms with Crippen LogP contribution in [0.1, 0.15) is 23.0 Å². The van der Waals surface area contributed by atoms with E-state index in [4.69, 9.17) is 11.6 Å². The maximum atomic E-state index is 12.1. The van der Waals surface area contributed by atoms with Gasteiger partial charge in [-0.05, 0) is 30.7 Å². The molecule has 0 aliphatic rings. The molecule has 19 heavy (non-hydrogen) atoms. The Morgan fingerprint density at radius 2 is 2.05 bits per heavy atom. The van der Waals surface area contributed by atoms with Crippen LogP contribution in [0.15, 0.2) is 41.0 Å². The highest BCUT2D eigenvalue weighted by Gasteiger charge is 2.11. The van der Waals surface area contributed by atoms with E-state index in [2.05, 4.69) is 21.2 Å². The van der Waals surface area contributed by atoms with Gasteiger partial charge in [-0.15, -0.1) is 0 Å². The molecule has 1 aromatic carbocycles. The number of benzene rings is 1. The first-order chi connectivity index (χ1) is 9.10. The number of nitrogens with one attached hydrogen (secondary N) is 1. The number of carbonyl (C=O) groups excluding carboxylic acids is 1. The lowest BCUT2D eigenvalue weighted by atomic mass is 10.2. The summed E-state index contributed by atoms with van der Waals surface area (Å²) < 4.78 is 2.86. The van der Waals surface area contributed by atoms with Crippen molar-refractivity contribution >= 4 is 33.4 Å². The van der Waals surface area contributed by atoms with Gasteiger partial charge in [-0.25, -0.2) is 0 Å². The topological polar surface area (TPSA) is 34.0 Å². The second-order valence-electron chi connectivity index (χ2n) is 4.14. The average molecular weight is 342 g/mol. The first-order valence-electron chi connectivity index (χ1n) is 5.98. The van der Waals surface area contributed by atoms with E-state index in [0.717, 1.165) is 10.0 Å². The Balaban J connectivity index is 2.03. The van der Waals surface area contributed by atoms with Gasteiger partial charge in [-0.3, -0.25) is 4.79 Å². The third-order valence-electron chi connectivity index (χ3n) is 2.80. The summed E-state index contributed by atoms with van der Waals surface area (Å²) in [6.07, 6.45) is 1.76. The maximum absolute atomic E-state index is 12.1. The Bertz CT molecular complexity index is 578. The molecule has 2 aromatic rings. The average Bonchev–Trinajstić information content (AvgIpc) is 2.79. The van der Waals surface area contributed by atoms with Crippen LogP contribution in [0.4, 0.5) is 0 Å². The fourth-order valence-corrected chi connectivity index (χ4v) is 2.29. The lowest BCUT2D eigenvalue weighted by Crippen LogP contribution is -2.25. The smallest absolute Gasteiger partial charge is 0.268 e. The Labute approximate surface area is 125 Å². The van der Waals surface area contributed by atoms with Gasteiger partial charge in [-0.2, -0.15) is 0 Å².